The summed E-state index contributed by atoms with van der Waals surface area (Å²) in [6.45, 7) is 4.74. The minimum Gasteiger partial charge on any atom is -0.467 e. The second kappa shape index (κ2) is 8.26. The lowest BCUT2D eigenvalue weighted by molar-refractivity contribution is -0.118. The van der Waals surface area contributed by atoms with Gasteiger partial charge in [0.2, 0.25) is 5.91 Å². The van der Waals surface area contributed by atoms with Crippen LogP contribution in [0.1, 0.15) is 25.5 Å². The van der Waals surface area contributed by atoms with Gasteiger partial charge < -0.3 is 14.6 Å². The number of hydrogen-bond acceptors (Lipinski definition) is 8. The van der Waals surface area contributed by atoms with Crippen molar-refractivity contribution >= 4 is 44.5 Å². The third-order valence-corrected chi connectivity index (χ3v) is 6.69. The van der Waals surface area contributed by atoms with Crippen LogP contribution in [-0.4, -0.2) is 39.7 Å². The van der Waals surface area contributed by atoms with E-state index in [2.05, 4.69) is 27.1 Å². The molecular formula is C18H21N5O2S2. The Kier molecular flexibility index (Phi) is 5.58. The van der Waals surface area contributed by atoms with E-state index in [0.717, 1.165) is 33.7 Å². The molecule has 9 heteroatoms. The van der Waals surface area contributed by atoms with Crippen molar-refractivity contribution in [2.24, 2.45) is 5.92 Å². The summed E-state index contributed by atoms with van der Waals surface area (Å²) >= 11 is 3.03. The first-order chi connectivity index (χ1) is 13.2. The minimum absolute atomic E-state index is 0.0576. The number of thiazole rings is 1. The van der Waals surface area contributed by atoms with Gasteiger partial charge in [-0.15, -0.1) is 0 Å². The summed E-state index contributed by atoms with van der Waals surface area (Å²) in [5.41, 5.74) is 0.710. The van der Waals surface area contributed by atoms with Crippen molar-refractivity contribution in [3.63, 3.8) is 0 Å². The second-order valence-corrected chi connectivity index (χ2v) is 8.61. The van der Waals surface area contributed by atoms with Crippen LogP contribution < -0.4 is 10.2 Å². The topological polar surface area (TPSA) is 84.2 Å². The van der Waals surface area contributed by atoms with Crippen LogP contribution >= 0.6 is 23.1 Å². The molecule has 1 atom stereocenters. The van der Waals surface area contributed by atoms with Gasteiger partial charge in [0.05, 0.1) is 18.6 Å². The van der Waals surface area contributed by atoms with Crippen LogP contribution in [0.2, 0.25) is 0 Å². The molecule has 142 valence electrons. The summed E-state index contributed by atoms with van der Waals surface area (Å²) in [6, 6.07) is 3.64. The summed E-state index contributed by atoms with van der Waals surface area (Å²) in [5.74, 6) is 1.66. The Balaban J connectivity index is 1.41. The molecule has 1 amide bonds. The minimum atomic E-state index is -0.0576. The number of fused-ring (bicyclic) bond motifs is 1. The first-order valence-corrected chi connectivity index (χ1v) is 10.8. The van der Waals surface area contributed by atoms with E-state index in [9.17, 15) is 4.79 Å². The van der Waals surface area contributed by atoms with Crippen molar-refractivity contribution in [2.45, 2.75) is 31.3 Å². The molecule has 1 aliphatic heterocycles. The zero-order valence-corrected chi connectivity index (χ0v) is 16.7. The smallest absolute Gasteiger partial charge is 0.230 e. The number of piperidine rings is 1. The highest BCUT2D eigenvalue weighted by Gasteiger charge is 2.21. The van der Waals surface area contributed by atoms with Crippen molar-refractivity contribution in [3.8, 4) is 0 Å². The van der Waals surface area contributed by atoms with Gasteiger partial charge >= 0.3 is 0 Å². The lowest BCUT2D eigenvalue weighted by Gasteiger charge is -2.30. The first-order valence-electron chi connectivity index (χ1n) is 8.97. The van der Waals surface area contributed by atoms with E-state index in [0.29, 0.717) is 23.9 Å². The van der Waals surface area contributed by atoms with Crippen molar-refractivity contribution in [1.29, 1.82) is 0 Å². The van der Waals surface area contributed by atoms with Gasteiger partial charge in [-0.2, -0.15) is 4.98 Å². The number of amides is 1. The molecule has 3 aromatic rings. The Morgan fingerprint density at radius 1 is 1.48 bits per heavy atom. The molecule has 0 radical (unpaired) electrons. The molecule has 0 spiro atoms. The van der Waals surface area contributed by atoms with Gasteiger partial charge in [0, 0.05) is 13.1 Å². The number of hydrogen-bond donors (Lipinski definition) is 1. The van der Waals surface area contributed by atoms with E-state index in [1.54, 1.807) is 23.7 Å². The molecular weight excluding hydrogens is 382 g/mol. The lowest BCUT2D eigenvalue weighted by Crippen LogP contribution is -2.34. The molecule has 1 fully saturated rings. The molecule has 27 heavy (non-hydrogen) atoms. The SMILES string of the molecule is CC1CCCN(c2nc3ncnc(SCC(=O)NCc4ccco4)c3s2)C1. The van der Waals surface area contributed by atoms with Crippen LogP contribution in [0.5, 0.6) is 0 Å². The predicted molar refractivity (Wildman–Crippen MR) is 107 cm³/mol. The molecule has 4 rings (SSSR count). The van der Waals surface area contributed by atoms with E-state index >= 15 is 0 Å². The maximum atomic E-state index is 12.1. The number of carbonyl (C=O) groups excluding carboxylic acids is 1. The number of thioether (sulfide) groups is 1. The fraction of sp³-hybridized carbons (Fsp3) is 0.444. The highest BCUT2D eigenvalue weighted by molar-refractivity contribution is 8.00. The number of rotatable bonds is 6. The van der Waals surface area contributed by atoms with Crippen LogP contribution in [0.3, 0.4) is 0 Å². The van der Waals surface area contributed by atoms with Crippen LogP contribution in [-0.2, 0) is 11.3 Å². The molecule has 0 aromatic carbocycles. The van der Waals surface area contributed by atoms with E-state index in [4.69, 9.17) is 9.40 Å². The average molecular weight is 404 g/mol. The molecule has 3 aromatic heterocycles. The van der Waals surface area contributed by atoms with Gasteiger partial charge in [-0.3, -0.25) is 4.79 Å². The van der Waals surface area contributed by atoms with Crippen molar-refractivity contribution in [3.05, 3.63) is 30.5 Å². The number of furan rings is 1. The van der Waals surface area contributed by atoms with Crippen LogP contribution in [0.25, 0.3) is 10.3 Å². The fourth-order valence-corrected chi connectivity index (χ4v) is 5.06. The zero-order chi connectivity index (χ0) is 18.6. The largest absolute Gasteiger partial charge is 0.467 e. The molecule has 0 saturated carbocycles. The Morgan fingerprint density at radius 2 is 2.41 bits per heavy atom. The molecule has 1 aliphatic rings. The van der Waals surface area contributed by atoms with Gasteiger partial charge in [0.1, 0.15) is 21.8 Å². The maximum absolute atomic E-state index is 12.1. The standard InChI is InChI=1S/C18H21N5O2S2/c1-12-4-2-6-23(9-12)18-22-16-15(27-18)17(21-11-20-16)26-10-14(24)19-8-13-5-3-7-25-13/h3,5,7,11-12H,2,4,6,8-10H2,1H3,(H,19,24). The zero-order valence-electron chi connectivity index (χ0n) is 15.1. The van der Waals surface area contributed by atoms with Crippen LogP contribution in [0.15, 0.2) is 34.2 Å². The first kappa shape index (κ1) is 18.2. The molecule has 1 N–H and O–H groups in total. The van der Waals surface area contributed by atoms with Gasteiger partial charge in [0.25, 0.3) is 0 Å². The van der Waals surface area contributed by atoms with E-state index < -0.39 is 0 Å². The van der Waals surface area contributed by atoms with Gasteiger partial charge in [-0.05, 0) is 30.9 Å². The maximum Gasteiger partial charge on any atom is 0.230 e. The molecule has 1 saturated heterocycles. The molecule has 1 unspecified atom stereocenters. The summed E-state index contributed by atoms with van der Waals surface area (Å²) in [7, 11) is 0. The number of aromatic nitrogens is 3. The quantitative estimate of drug-likeness (QED) is 0.499. The van der Waals surface area contributed by atoms with E-state index in [1.807, 2.05) is 6.07 Å². The summed E-state index contributed by atoms with van der Waals surface area (Å²) in [6.07, 6.45) is 5.59. The van der Waals surface area contributed by atoms with Crippen molar-refractivity contribution in [2.75, 3.05) is 23.7 Å². The number of nitrogens with one attached hydrogen (secondary N) is 1. The Bertz CT molecular complexity index is 912. The summed E-state index contributed by atoms with van der Waals surface area (Å²) in [5, 5.41) is 4.66. The van der Waals surface area contributed by atoms with Gasteiger partial charge in [0.15, 0.2) is 10.8 Å². The molecule has 7 nitrogen and oxygen atoms in total. The van der Waals surface area contributed by atoms with E-state index in [1.165, 1.54) is 30.9 Å². The Labute approximate surface area is 165 Å². The Hall–Kier alpha value is -2.13. The number of anilines is 1. The summed E-state index contributed by atoms with van der Waals surface area (Å²) in [4.78, 5) is 27.8. The highest BCUT2D eigenvalue weighted by atomic mass is 32.2. The second-order valence-electron chi connectivity index (χ2n) is 6.67. The summed E-state index contributed by atoms with van der Waals surface area (Å²) < 4.78 is 6.17. The third kappa shape index (κ3) is 4.41. The average Bonchev–Trinajstić information content (AvgIpc) is 3.34. The van der Waals surface area contributed by atoms with Gasteiger partial charge in [-0.1, -0.05) is 30.0 Å². The Morgan fingerprint density at radius 3 is 3.22 bits per heavy atom. The monoisotopic (exact) mass is 403 g/mol. The van der Waals surface area contributed by atoms with Crippen molar-refractivity contribution < 1.29 is 9.21 Å². The number of nitrogens with zero attached hydrogens (tertiary/aromatic N) is 4. The third-order valence-electron chi connectivity index (χ3n) is 4.45. The molecule has 0 bridgehead atoms. The normalized spacial score (nSPS) is 17.4. The highest BCUT2D eigenvalue weighted by Crippen LogP contribution is 2.35. The fourth-order valence-electron chi connectivity index (χ4n) is 3.11. The van der Waals surface area contributed by atoms with Crippen LogP contribution in [0, 0.1) is 5.92 Å². The molecule has 4 heterocycles. The lowest BCUT2D eigenvalue weighted by atomic mass is 10.0. The van der Waals surface area contributed by atoms with Gasteiger partial charge in [-0.25, -0.2) is 9.97 Å². The predicted octanol–water partition coefficient (Wildman–Crippen LogP) is 3.32. The number of carbonyl (C=O) groups is 1. The van der Waals surface area contributed by atoms with Crippen LogP contribution in [0.4, 0.5) is 5.13 Å². The van der Waals surface area contributed by atoms with Crippen molar-refractivity contribution in [1.82, 2.24) is 20.3 Å². The van der Waals surface area contributed by atoms with E-state index in [-0.39, 0.29) is 5.91 Å². The molecule has 0 aliphatic carbocycles.